The SMILES string of the molecule is CCC(C)C(COC)(COC)COC1CCCC1. The van der Waals surface area contributed by atoms with E-state index in [4.69, 9.17) is 14.2 Å². The minimum atomic E-state index is 0.000833. The summed E-state index contributed by atoms with van der Waals surface area (Å²) in [5.41, 5.74) is 0.000833. The Bertz CT molecular complexity index is 206. The Morgan fingerprint density at radius 1 is 1.06 bits per heavy atom. The lowest BCUT2D eigenvalue weighted by Gasteiger charge is -2.38. The molecule has 0 saturated heterocycles. The lowest BCUT2D eigenvalue weighted by Crippen LogP contribution is -2.43. The minimum Gasteiger partial charge on any atom is -0.384 e. The first-order valence-electron chi connectivity index (χ1n) is 7.28. The molecule has 0 amide bonds. The molecule has 0 aliphatic heterocycles. The number of hydrogen-bond donors (Lipinski definition) is 0. The van der Waals surface area contributed by atoms with Crippen molar-refractivity contribution in [2.75, 3.05) is 34.0 Å². The van der Waals surface area contributed by atoms with E-state index in [1.807, 2.05) is 0 Å². The maximum Gasteiger partial charge on any atom is 0.0575 e. The predicted octanol–water partition coefficient (Wildman–Crippen LogP) is 3.27. The molecule has 1 atom stereocenters. The summed E-state index contributed by atoms with van der Waals surface area (Å²) in [4.78, 5) is 0. The van der Waals surface area contributed by atoms with Crippen LogP contribution in [0.25, 0.3) is 0 Å². The van der Waals surface area contributed by atoms with Crippen molar-refractivity contribution in [3.63, 3.8) is 0 Å². The summed E-state index contributed by atoms with van der Waals surface area (Å²) in [7, 11) is 3.53. The van der Waals surface area contributed by atoms with E-state index in [1.54, 1.807) is 14.2 Å². The summed E-state index contributed by atoms with van der Waals surface area (Å²) in [5, 5.41) is 0. The van der Waals surface area contributed by atoms with Gasteiger partial charge in [0.05, 0.1) is 25.9 Å². The molecule has 0 aromatic heterocycles. The lowest BCUT2D eigenvalue weighted by atomic mass is 9.76. The topological polar surface area (TPSA) is 27.7 Å². The van der Waals surface area contributed by atoms with Crippen molar-refractivity contribution in [2.24, 2.45) is 11.3 Å². The predicted molar refractivity (Wildman–Crippen MR) is 73.8 cm³/mol. The van der Waals surface area contributed by atoms with Crippen molar-refractivity contribution in [3.8, 4) is 0 Å². The second-order valence-corrected chi connectivity index (χ2v) is 5.76. The first kappa shape index (κ1) is 15.9. The van der Waals surface area contributed by atoms with Crippen LogP contribution in [0.2, 0.25) is 0 Å². The molecule has 0 heterocycles. The van der Waals surface area contributed by atoms with Gasteiger partial charge in [-0.1, -0.05) is 33.1 Å². The largest absolute Gasteiger partial charge is 0.384 e. The molecule has 0 bridgehead atoms. The first-order chi connectivity index (χ1) is 8.68. The molecule has 1 saturated carbocycles. The summed E-state index contributed by atoms with van der Waals surface area (Å²) < 4.78 is 17.0. The van der Waals surface area contributed by atoms with Gasteiger partial charge >= 0.3 is 0 Å². The molecular formula is C15H30O3. The van der Waals surface area contributed by atoms with E-state index >= 15 is 0 Å². The Kier molecular flexibility index (Phi) is 7.20. The number of rotatable bonds is 9. The average molecular weight is 258 g/mol. The zero-order valence-electron chi connectivity index (χ0n) is 12.5. The maximum absolute atomic E-state index is 6.14. The Hall–Kier alpha value is -0.120. The molecule has 1 fully saturated rings. The van der Waals surface area contributed by atoms with Crippen LogP contribution in [0.1, 0.15) is 46.0 Å². The van der Waals surface area contributed by atoms with Crippen LogP contribution >= 0.6 is 0 Å². The smallest absolute Gasteiger partial charge is 0.0575 e. The third-order valence-corrected chi connectivity index (χ3v) is 4.43. The van der Waals surface area contributed by atoms with Crippen molar-refractivity contribution in [3.05, 3.63) is 0 Å². The van der Waals surface area contributed by atoms with Gasteiger partial charge in [0.25, 0.3) is 0 Å². The van der Waals surface area contributed by atoms with E-state index in [2.05, 4.69) is 13.8 Å². The van der Waals surface area contributed by atoms with Crippen LogP contribution in [-0.4, -0.2) is 40.1 Å². The average Bonchev–Trinajstić information content (AvgIpc) is 2.88. The van der Waals surface area contributed by atoms with Crippen LogP contribution in [-0.2, 0) is 14.2 Å². The van der Waals surface area contributed by atoms with E-state index < -0.39 is 0 Å². The number of hydrogen-bond acceptors (Lipinski definition) is 3. The summed E-state index contributed by atoms with van der Waals surface area (Å²) in [6.07, 6.45) is 6.65. The molecule has 1 rings (SSSR count). The van der Waals surface area contributed by atoms with Gasteiger partial charge in [0.2, 0.25) is 0 Å². The Morgan fingerprint density at radius 3 is 2.06 bits per heavy atom. The summed E-state index contributed by atoms with van der Waals surface area (Å²) in [6.45, 7) is 6.68. The van der Waals surface area contributed by atoms with E-state index in [1.165, 1.54) is 25.7 Å². The van der Waals surface area contributed by atoms with Gasteiger partial charge in [-0.3, -0.25) is 0 Å². The van der Waals surface area contributed by atoms with Crippen LogP contribution in [0.5, 0.6) is 0 Å². The van der Waals surface area contributed by atoms with Crippen molar-refractivity contribution >= 4 is 0 Å². The minimum absolute atomic E-state index is 0.000833. The summed E-state index contributed by atoms with van der Waals surface area (Å²) in [5.74, 6) is 0.541. The van der Waals surface area contributed by atoms with Gasteiger partial charge in [-0.05, 0) is 18.8 Å². The molecule has 18 heavy (non-hydrogen) atoms. The van der Waals surface area contributed by atoms with E-state index in [0.717, 1.165) is 13.0 Å². The van der Waals surface area contributed by atoms with E-state index in [-0.39, 0.29) is 5.41 Å². The lowest BCUT2D eigenvalue weighted by molar-refractivity contribution is -0.0971. The molecular weight excluding hydrogens is 228 g/mol. The van der Waals surface area contributed by atoms with Gasteiger partial charge in [0.15, 0.2) is 0 Å². The molecule has 1 aliphatic carbocycles. The molecule has 1 aliphatic rings. The molecule has 0 radical (unpaired) electrons. The van der Waals surface area contributed by atoms with Crippen LogP contribution in [0.15, 0.2) is 0 Å². The third-order valence-electron chi connectivity index (χ3n) is 4.43. The highest BCUT2D eigenvalue weighted by Crippen LogP contribution is 2.33. The standard InChI is InChI=1S/C15H30O3/c1-5-13(2)15(10-16-3,11-17-4)12-18-14-8-6-7-9-14/h13-14H,5-12H2,1-4H3. The monoisotopic (exact) mass is 258 g/mol. The molecule has 0 spiro atoms. The third kappa shape index (κ3) is 4.22. The highest BCUT2D eigenvalue weighted by atomic mass is 16.5. The quantitative estimate of drug-likeness (QED) is 0.635. The fourth-order valence-corrected chi connectivity index (χ4v) is 2.90. The second-order valence-electron chi connectivity index (χ2n) is 5.76. The highest BCUT2D eigenvalue weighted by molar-refractivity contribution is 4.85. The van der Waals surface area contributed by atoms with Gasteiger partial charge in [0, 0.05) is 19.6 Å². The van der Waals surface area contributed by atoms with Crippen LogP contribution in [0.3, 0.4) is 0 Å². The first-order valence-corrected chi connectivity index (χ1v) is 7.28. The molecule has 3 nitrogen and oxygen atoms in total. The zero-order chi connectivity index (χ0) is 13.4. The second kappa shape index (κ2) is 8.13. The van der Waals surface area contributed by atoms with Crippen molar-refractivity contribution in [2.45, 2.75) is 52.1 Å². The number of ether oxygens (including phenoxy) is 3. The van der Waals surface area contributed by atoms with Gasteiger partial charge < -0.3 is 14.2 Å². The van der Waals surface area contributed by atoms with E-state index in [0.29, 0.717) is 25.2 Å². The van der Waals surface area contributed by atoms with Crippen LogP contribution < -0.4 is 0 Å². The van der Waals surface area contributed by atoms with Crippen LogP contribution in [0.4, 0.5) is 0 Å². The van der Waals surface area contributed by atoms with Gasteiger partial charge in [0.1, 0.15) is 0 Å². The zero-order valence-corrected chi connectivity index (χ0v) is 12.5. The van der Waals surface area contributed by atoms with Gasteiger partial charge in [-0.15, -0.1) is 0 Å². The van der Waals surface area contributed by atoms with Crippen LogP contribution in [0, 0.1) is 11.3 Å². The molecule has 108 valence electrons. The van der Waals surface area contributed by atoms with E-state index in [9.17, 15) is 0 Å². The number of methoxy groups -OCH3 is 2. The Labute approximate surface area is 112 Å². The summed E-state index contributed by atoms with van der Waals surface area (Å²) >= 11 is 0. The maximum atomic E-state index is 6.14. The van der Waals surface area contributed by atoms with Crippen molar-refractivity contribution in [1.29, 1.82) is 0 Å². The fraction of sp³-hybridized carbons (Fsp3) is 1.00. The highest BCUT2D eigenvalue weighted by Gasteiger charge is 2.37. The molecule has 0 aromatic carbocycles. The fourth-order valence-electron chi connectivity index (χ4n) is 2.90. The molecule has 0 N–H and O–H groups in total. The summed E-state index contributed by atoms with van der Waals surface area (Å²) in [6, 6.07) is 0. The normalized spacial score (nSPS) is 19.3. The molecule has 3 heteroatoms. The Morgan fingerprint density at radius 2 is 1.61 bits per heavy atom. The Balaban J connectivity index is 2.60. The molecule has 0 aromatic rings. The van der Waals surface area contributed by atoms with Crippen molar-refractivity contribution in [1.82, 2.24) is 0 Å². The van der Waals surface area contributed by atoms with Gasteiger partial charge in [-0.25, -0.2) is 0 Å². The van der Waals surface area contributed by atoms with Gasteiger partial charge in [-0.2, -0.15) is 0 Å². The molecule has 1 unspecified atom stereocenters. The van der Waals surface area contributed by atoms with Crippen molar-refractivity contribution < 1.29 is 14.2 Å².